The van der Waals surface area contributed by atoms with E-state index in [0.29, 0.717) is 18.3 Å². The zero-order valence-electron chi connectivity index (χ0n) is 13.9. The summed E-state index contributed by atoms with van der Waals surface area (Å²) in [4.78, 5) is 16.5. The fourth-order valence-electron chi connectivity index (χ4n) is 3.03. The smallest absolute Gasteiger partial charge is 0.270 e. The summed E-state index contributed by atoms with van der Waals surface area (Å²) in [7, 11) is 1.62. The van der Waals surface area contributed by atoms with Crippen molar-refractivity contribution in [3.05, 3.63) is 53.9 Å². The van der Waals surface area contributed by atoms with E-state index in [-0.39, 0.29) is 5.91 Å². The number of hydrogen-bond acceptors (Lipinski definition) is 4. The van der Waals surface area contributed by atoms with Crippen molar-refractivity contribution < 1.29 is 9.53 Å². The Morgan fingerprint density at radius 2 is 2.00 bits per heavy atom. The molecule has 2 N–H and O–H groups in total. The standard InChI is InChI=1S/C19H23N3O2/c1-24-18-9-5-2-6-14(18)12-21-19(23)17-11-10-16(13-20-17)22-15-7-3-4-8-15/h2,5-6,9-11,13,15,22H,3-4,7-8,12H2,1H3,(H,21,23). The first-order chi connectivity index (χ1) is 11.8. The Kier molecular flexibility index (Phi) is 5.31. The minimum absolute atomic E-state index is 0.187. The molecular weight excluding hydrogens is 302 g/mol. The molecule has 5 heteroatoms. The number of amides is 1. The average molecular weight is 325 g/mol. The second-order valence-corrected chi connectivity index (χ2v) is 6.05. The van der Waals surface area contributed by atoms with Gasteiger partial charge < -0.3 is 15.4 Å². The van der Waals surface area contributed by atoms with Crippen LogP contribution in [-0.2, 0) is 6.54 Å². The maximum absolute atomic E-state index is 12.2. The third kappa shape index (κ3) is 4.04. The number of carbonyl (C=O) groups is 1. The van der Waals surface area contributed by atoms with Gasteiger partial charge in [-0.2, -0.15) is 0 Å². The maximum atomic E-state index is 12.2. The van der Waals surface area contributed by atoms with Gasteiger partial charge in [0, 0.05) is 18.2 Å². The molecule has 0 saturated heterocycles. The highest BCUT2D eigenvalue weighted by Gasteiger charge is 2.15. The van der Waals surface area contributed by atoms with Crippen molar-refractivity contribution in [2.45, 2.75) is 38.3 Å². The van der Waals surface area contributed by atoms with E-state index in [1.165, 1.54) is 25.7 Å². The van der Waals surface area contributed by atoms with E-state index in [9.17, 15) is 4.79 Å². The summed E-state index contributed by atoms with van der Waals surface area (Å²) in [6, 6.07) is 11.9. The van der Waals surface area contributed by atoms with E-state index in [2.05, 4.69) is 15.6 Å². The van der Waals surface area contributed by atoms with Crippen LogP contribution in [0, 0.1) is 0 Å². The zero-order chi connectivity index (χ0) is 16.8. The Morgan fingerprint density at radius 1 is 1.21 bits per heavy atom. The Labute approximate surface area is 142 Å². The van der Waals surface area contributed by atoms with Gasteiger partial charge in [-0.3, -0.25) is 4.79 Å². The summed E-state index contributed by atoms with van der Waals surface area (Å²) in [5.41, 5.74) is 2.33. The van der Waals surface area contributed by atoms with E-state index < -0.39 is 0 Å². The Balaban J connectivity index is 1.56. The number of para-hydroxylation sites is 1. The molecule has 1 heterocycles. The molecule has 5 nitrogen and oxygen atoms in total. The summed E-state index contributed by atoms with van der Waals surface area (Å²) in [5.74, 6) is 0.579. The third-order valence-electron chi connectivity index (χ3n) is 4.35. The molecule has 0 aliphatic heterocycles. The van der Waals surface area contributed by atoms with Crippen LogP contribution >= 0.6 is 0 Å². The van der Waals surface area contributed by atoms with Gasteiger partial charge in [0.1, 0.15) is 11.4 Å². The van der Waals surface area contributed by atoms with Crippen LogP contribution in [0.5, 0.6) is 5.75 Å². The molecule has 1 fully saturated rings. The first kappa shape index (κ1) is 16.3. The van der Waals surface area contributed by atoms with Crippen molar-refractivity contribution >= 4 is 11.6 Å². The first-order valence-electron chi connectivity index (χ1n) is 8.39. The summed E-state index contributed by atoms with van der Waals surface area (Å²) < 4.78 is 5.29. The Morgan fingerprint density at radius 3 is 2.71 bits per heavy atom. The molecule has 1 amide bonds. The number of rotatable bonds is 6. The summed E-state index contributed by atoms with van der Waals surface area (Å²) >= 11 is 0. The van der Waals surface area contributed by atoms with Crippen LogP contribution in [-0.4, -0.2) is 24.0 Å². The lowest BCUT2D eigenvalue weighted by Crippen LogP contribution is -2.24. The highest BCUT2D eigenvalue weighted by molar-refractivity contribution is 5.92. The number of carbonyl (C=O) groups excluding carboxylic acids is 1. The van der Waals surface area contributed by atoms with Crippen molar-refractivity contribution in [2.75, 3.05) is 12.4 Å². The van der Waals surface area contributed by atoms with Crippen LogP contribution < -0.4 is 15.4 Å². The molecule has 3 rings (SSSR count). The van der Waals surface area contributed by atoms with Crippen LogP contribution in [0.25, 0.3) is 0 Å². The predicted molar refractivity (Wildman–Crippen MR) is 94.3 cm³/mol. The lowest BCUT2D eigenvalue weighted by Gasteiger charge is -2.13. The van der Waals surface area contributed by atoms with Gasteiger partial charge in [0.2, 0.25) is 0 Å². The van der Waals surface area contributed by atoms with Crippen LogP contribution in [0.2, 0.25) is 0 Å². The number of nitrogens with zero attached hydrogens (tertiary/aromatic N) is 1. The zero-order valence-corrected chi connectivity index (χ0v) is 13.9. The SMILES string of the molecule is COc1ccccc1CNC(=O)c1ccc(NC2CCCC2)cn1. The van der Waals surface area contributed by atoms with Gasteiger partial charge in [-0.15, -0.1) is 0 Å². The number of benzene rings is 1. The molecule has 0 bridgehead atoms. The van der Waals surface area contributed by atoms with Crippen molar-refractivity contribution in [3.8, 4) is 5.75 Å². The molecule has 1 saturated carbocycles. The van der Waals surface area contributed by atoms with Crippen LogP contribution in [0.15, 0.2) is 42.6 Å². The molecule has 1 aliphatic carbocycles. The summed E-state index contributed by atoms with van der Waals surface area (Å²) in [6.45, 7) is 0.409. The summed E-state index contributed by atoms with van der Waals surface area (Å²) in [5, 5.41) is 6.35. The van der Waals surface area contributed by atoms with Crippen molar-refractivity contribution in [2.24, 2.45) is 0 Å². The topological polar surface area (TPSA) is 63.2 Å². The van der Waals surface area contributed by atoms with E-state index in [4.69, 9.17) is 4.74 Å². The number of methoxy groups -OCH3 is 1. The van der Waals surface area contributed by atoms with Crippen molar-refractivity contribution in [1.82, 2.24) is 10.3 Å². The van der Waals surface area contributed by atoms with Crippen LogP contribution in [0.4, 0.5) is 5.69 Å². The first-order valence-corrected chi connectivity index (χ1v) is 8.39. The quantitative estimate of drug-likeness (QED) is 0.855. The lowest BCUT2D eigenvalue weighted by atomic mass is 10.2. The molecule has 1 aliphatic rings. The fraction of sp³-hybridized carbons (Fsp3) is 0.368. The van der Waals surface area contributed by atoms with Gasteiger partial charge in [0.25, 0.3) is 5.91 Å². The molecule has 0 radical (unpaired) electrons. The minimum atomic E-state index is -0.187. The second kappa shape index (κ2) is 7.81. The van der Waals surface area contributed by atoms with Gasteiger partial charge >= 0.3 is 0 Å². The molecule has 0 unspecified atom stereocenters. The molecule has 2 aromatic rings. The maximum Gasteiger partial charge on any atom is 0.270 e. The Hall–Kier alpha value is -2.56. The molecule has 0 atom stereocenters. The fourth-order valence-corrected chi connectivity index (χ4v) is 3.03. The van der Waals surface area contributed by atoms with E-state index >= 15 is 0 Å². The monoisotopic (exact) mass is 325 g/mol. The van der Waals surface area contributed by atoms with Gasteiger partial charge in [0.15, 0.2) is 0 Å². The van der Waals surface area contributed by atoms with Crippen molar-refractivity contribution in [1.29, 1.82) is 0 Å². The predicted octanol–water partition coefficient (Wildman–Crippen LogP) is 3.37. The number of anilines is 1. The number of hydrogen-bond donors (Lipinski definition) is 2. The molecule has 24 heavy (non-hydrogen) atoms. The molecule has 126 valence electrons. The van der Waals surface area contributed by atoms with Crippen molar-refractivity contribution in [3.63, 3.8) is 0 Å². The number of nitrogens with one attached hydrogen (secondary N) is 2. The molecule has 1 aromatic carbocycles. The largest absolute Gasteiger partial charge is 0.496 e. The summed E-state index contributed by atoms with van der Waals surface area (Å²) in [6.07, 6.45) is 6.72. The number of aromatic nitrogens is 1. The molecule has 0 spiro atoms. The average Bonchev–Trinajstić information content (AvgIpc) is 3.13. The van der Waals surface area contributed by atoms with Crippen LogP contribution in [0.3, 0.4) is 0 Å². The van der Waals surface area contributed by atoms with Gasteiger partial charge in [-0.25, -0.2) is 4.98 Å². The second-order valence-electron chi connectivity index (χ2n) is 6.05. The van der Waals surface area contributed by atoms with Crippen LogP contribution in [0.1, 0.15) is 41.7 Å². The highest BCUT2D eigenvalue weighted by Crippen LogP contribution is 2.22. The van der Waals surface area contributed by atoms with Gasteiger partial charge in [-0.05, 0) is 31.0 Å². The van der Waals surface area contributed by atoms with E-state index in [1.807, 2.05) is 30.3 Å². The lowest BCUT2D eigenvalue weighted by molar-refractivity contribution is 0.0946. The number of ether oxygens (including phenoxy) is 1. The van der Waals surface area contributed by atoms with Gasteiger partial charge in [-0.1, -0.05) is 31.0 Å². The molecule has 1 aromatic heterocycles. The van der Waals surface area contributed by atoms with E-state index in [0.717, 1.165) is 17.0 Å². The number of pyridine rings is 1. The Bertz CT molecular complexity index is 679. The normalized spacial score (nSPS) is 14.4. The van der Waals surface area contributed by atoms with E-state index in [1.54, 1.807) is 19.4 Å². The molecular formula is C19H23N3O2. The highest BCUT2D eigenvalue weighted by atomic mass is 16.5. The minimum Gasteiger partial charge on any atom is -0.496 e. The third-order valence-corrected chi connectivity index (χ3v) is 4.35. The van der Waals surface area contributed by atoms with Gasteiger partial charge in [0.05, 0.1) is 19.0 Å².